The summed E-state index contributed by atoms with van der Waals surface area (Å²) >= 11 is 0. The number of nitrogens with zero attached hydrogens (tertiary/aromatic N) is 1. The van der Waals surface area contributed by atoms with Crippen LogP contribution >= 0.6 is 0 Å². The average Bonchev–Trinajstić information content (AvgIpc) is 2.25. The second-order valence-corrected chi connectivity index (χ2v) is 6.62. The van der Waals surface area contributed by atoms with E-state index in [0.717, 1.165) is 12.6 Å². The zero-order valence-electron chi connectivity index (χ0n) is 12.6. The van der Waals surface area contributed by atoms with Gasteiger partial charge in [-0.1, -0.05) is 47.5 Å². The van der Waals surface area contributed by atoms with E-state index < -0.39 is 0 Å². The Balaban J connectivity index is 2.59. The van der Waals surface area contributed by atoms with Crippen molar-refractivity contribution in [2.45, 2.75) is 72.4 Å². The van der Waals surface area contributed by atoms with Crippen molar-refractivity contribution < 1.29 is 0 Å². The molecule has 1 N–H and O–H groups in total. The first-order valence-electron chi connectivity index (χ1n) is 7.46. The molecule has 0 spiro atoms. The molecule has 1 rings (SSSR count). The molecule has 0 amide bonds. The van der Waals surface area contributed by atoms with Crippen molar-refractivity contribution in [3.8, 4) is 0 Å². The van der Waals surface area contributed by atoms with Crippen LogP contribution in [0.15, 0.2) is 0 Å². The lowest BCUT2D eigenvalue weighted by molar-refractivity contribution is 0.0528. The van der Waals surface area contributed by atoms with Gasteiger partial charge in [-0.25, -0.2) is 0 Å². The number of nitrogens with one attached hydrogen (secondary N) is 1. The summed E-state index contributed by atoms with van der Waals surface area (Å²) in [5, 5.41) is 3.74. The van der Waals surface area contributed by atoms with Crippen LogP contribution in [-0.4, -0.2) is 36.6 Å². The van der Waals surface area contributed by atoms with Crippen LogP contribution in [0.1, 0.15) is 60.3 Å². The van der Waals surface area contributed by atoms with Crippen molar-refractivity contribution in [3.63, 3.8) is 0 Å². The topological polar surface area (TPSA) is 15.3 Å². The Bertz CT molecular complexity index is 207. The normalized spacial score (nSPS) is 27.4. The molecule has 1 fully saturated rings. The second kappa shape index (κ2) is 6.75. The molecule has 0 radical (unpaired) electrons. The van der Waals surface area contributed by atoms with Crippen LogP contribution in [0.2, 0.25) is 0 Å². The second-order valence-electron chi connectivity index (χ2n) is 6.62. The van der Waals surface area contributed by atoms with Gasteiger partial charge in [0, 0.05) is 25.2 Å². The Morgan fingerprint density at radius 1 is 1.18 bits per heavy atom. The SMILES string of the molecule is CCCCN1CC(CCC)NCC1C(C)(C)C. The number of piperazine rings is 1. The van der Waals surface area contributed by atoms with Gasteiger partial charge in [0.15, 0.2) is 0 Å². The van der Waals surface area contributed by atoms with Crippen LogP contribution in [0.25, 0.3) is 0 Å². The van der Waals surface area contributed by atoms with Gasteiger partial charge in [-0.2, -0.15) is 0 Å². The van der Waals surface area contributed by atoms with Gasteiger partial charge in [0.1, 0.15) is 0 Å². The number of unbranched alkanes of at least 4 members (excludes halogenated alkanes) is 1. The van der Waals surface area contributed by atoms with Gasteiger partial charge in [-0.05, 0) is 24.8 Å². The van der Waals surface area contributed by atoms with Gasteiger partial charge in [0.25, 0.3) is 0 Å². The van der Waals surface area contributed by atoms with E-state index in [-0.39, 0.29) is 0 Å². The van der Waals surface area contributed by atoms with E-state index in [1.165, 1.54) is 38.8 Å². The van der Waals surface area contributed by atoms with E-state index in [0.29, 0.717) is 11.5 Å². The van der Waals surface area contributed by atoms with Crippen molar-refractivity contribution in [1.29, 1.82) is 0 Å². The maximum atomic E-state index is 3.74. The molecule has 1 aliphatic rings. The minimum atomic E-state index is 0.387. The van der Waals surface area contributed by atoms with E-state index in [2.05, 4.69) is 44.8 Å². The fourth-order valence-corrected chi connectivity index (χ4v) is 2.89. The quantitative estimate of drug-likeness (QED) is 0.793. The molecule has 0 aromatic rings. The highest BCUT2D eigenvalue weighted by Crippen LogP contribution is 2.27. The standard InChI is InChI=1S/C15H32N2/c1-6-8-10-17-12-13(9-7-2)16-11-14(17)15(3,4)5/h13-14,16H,6-12H2,1-5H3. The molecule has 17 heavy (non-hydrogen) atoms. The van der Waals surface area contributed by atoms with E-state index >= 15 is 0 Å². The lowest BCUT2D eigenvalue weighted by Crippen LogP contribution is -2.60. The maximum Gasteiger partial charge on any atom is 0.0269 e. The maximum absolute atomic E-state index is 3.74. The lowest BCUT2D eigenvalue weighted by atomic mass is 9.83. The third-order valence-electron chi connectivity index (χ3n) is 3.93. The van der Waals surface area contributed by atoms with Crippen LogP contribution in [-0.2, 0) is 0 Å². The largest absolute Gasteiger partial charge is 0.311 e. The Hall–Kier alpha value is -0.0800. The highest BCUT2D eigenvalue weighted by atomic mass is 15.2. The van der Waals surface area contributed by atoms with Gasteiger partial charge >= 0.3 is 0 Å². The average molecular weight is 240 g/mol. The molecule has 2 nitrogen and oxygen atoms in total. The first kappa shape index (κ1) is 15.0. The van der Waals surface area contributed by atoms with Gasteiger partial charge in [-0.3, -0.25) is 4.90 Å². The molecular weight excluding hydrogens is 208 g/mol. The molecule has 1 aliphatic heterocycles. The van der Waals surface area contributed by atoms with Gasteiger partial charge in [0.2, 0.25) is 0 Å². The fraction of sp³-hybridized carbons (Fsp3) is 1.00. The summed E-state index contributed by atoms with van der Waals surface area (Å²) in [4.78, 5) is 2.74. The van der Waals surface area contributed by atoms with E-state index in [1.54, 1.807) is 0 Å². The first-order valence-corrected chi connectivity index (χ1v) is 7.46. The third-order valence-corrected chi connectivity index (χ3v) is 3.93. The molecular formula is C15H32N2. The molecule has 2 unspecified atom stereocenters. The van der Waals surface area contributed by atoms with Crippen molar-refractivity contribution in [2.24, 2.45) is 5.41 Å². The van der Waals surface area contributed by atoms with Gasteiger partial charge in [0.05, 0.1) is 0 Å². The minimum absolute atomic E-state index is 0.387. The summed E-state index contributed by atoms with van der Waals surface area (Å²) in [6.45, 7) is 15.4. The molecule has 0 aromatic heterocycles. The van der Waals surface area contributed by atoms with Crippen molar-refractivity contribution in [2.75, 3.05) is 19.6 Å². The minimum Gasteiger partial charge on any atom is -0.311 e. The molecule has 2 heteroatoms. The first-order chi connectivity index (χ1) is 7.99. The fourth-order valence-electron chi connectivity index (χ4n) is 2.89. The zero-order chi connectivity index (χ0) is 12.9. The van der Waals surface area contributed by atoms with Crippen LogP contribution in [0.5, 0.6) is 0 Å². The van der Waals surface area contributed by atoms with Crippen molar-refractivity contribution in [3.05, 3.63) is 0 Å². The number of rotatable bonds is 5. The van der Waals surface area contributed by atoms with Gasteiger partial charge < -0.3 is 5.32 Å². The summed E-state index contributed by atoms with van der Waals surface area (Å²) in [5.41, 5.74) is 0.387. The monoisotopic (exact) mass is 240 g/mol. The summed E-state index contributed by atoms with van der Waals surface area (Å²) in [6, 6.07) is 1.41. The van der Waals surface area contributed by atoms with Crippen LogP contribution in [0, 0.1) is 5.41 Å². The van der Waals surface area contributed by atoms with Crippen molar-refractivity contribution in [1.82, 2.24) is 10.2 Å². The number of hydrogen-bond acceptors (Lipinski definition) is 2. The molecule has 1 heterocycles. The summed E-state index contributed by atoms with van der Waals surface area (Å²) in [6.07, 6.45) is 5.25. The molecule has 2 atom stereocenters. The van der Waals surface area contributed by atoms with E-state index in [1.807, 2.05) is 0 Å². The zero-order valence-corrected chi connectivity index (χ0v) is 12.6. The number of hydrogen-bond donors (Lipinski definition) is 1. The Morgan fingerprint density at radius 2 is 1.88 bits per heavy atom. The molecule has 0 bridgehead atoms. The highest BCUT2D eigenvalue weighted by molar-refractivity contribution is 4.92. The van der Waals surface area contributed by atoms with Crippen molar-refractivity contribution >= 4 is 0 Å². The third kappa shape index (κ3) is 4.59. The van der Waals surface area contributed by atoms with E-state index in [9.17, 15) is 0 Å². The molecule has 0 saturated carbocycles. The van der Waals surface area contributed by atoms with Crippen LogP contribution in [0.3, 0.4) is 0 Å². The summed E-state index contributed by atoms with van der Waals surface area (Å²) < 4.78 is 0. The predicted molar refractivity (Wildman–Crippen MR) is 76.4 cm³/mol. The summed E-state index contributed by atoms with van der Waals surface area (Å²) in [7, 11) is 0. The van der Waals surface area contributed by atoms with Crippen LogP contribution < -0.4 is 5.32 Å². The Kier molecular flexibility index (Phi) is 5.94. The molecule has 0 aliphatic carbocycles. The molecule has 0 aromatic carbocycles. The van der Waals surface area contributed by atoms with Gasteiger partial charge in [-0.15, -0.1) is 0 Å². The molecule has 102 valence electrons. The summed E-state index contributed by atoms with van der Waals surface area (Å²) in [5.74, 6) is 0. The lowest BCUT2D eigenvalue weighted by Gasteiger charge is -2.46. The van der Waals surface area contributed by atoms with E-state index in [4.69, 9.17) is 0 Å². The predicted octanol–water partition coefficient (Wildman–Crippen LogP) is 3.28. The smallest absolute Gasteiger partial charge is 0.0269 e. The Morgan fingerprint density at radius 3 is 2.41 bits per heavy atom. The Labute approximate surface area is 108 Å². The highest BCUT2D eigenvalue weighted by Gasteiger charge is 2.34. The van der Waals surface area contributed by atoms with Crippen LogP contribution in [0.4, 0.5) is 0 Å². The molecule has 1 saturated heterocycles.